The number of alkyl halides is 1. The molecule has 0 fully saturated rings. The third-order valence-electron chi connectivity index (χ3n) is 2.57. The molecule has 20 heavy (non-hydrogen) atoms. The number of Topliss-reactive ketones (excluding diaryl/α,β-unsaturated/α-hetero) is 1. The summed E-state index contributed by atoms with van der Waals surface area (Å²) in [6.07, 6.45) is 1.47. The highest BCUT2D eigenvalue weighted by Crippen LogP contribution is 2.24. The van der Waals surface area contributed by atoms with Gasteiger partial charge in [-0.05, 0) is 30.3 Å². The number of nitrogens with one attached hydrogen (secondary N) is 1. The summed E-state index contributed by atoms with van der Waals surface area (Å²) in [5.74, 6) is 0.137. The van der Waals surface area contributed by atoms with E-state index in [2.05, 4.69) is 26.2 Å². The number of rotatable bonds is 5. The first-order chi connectivity index (χ1) is 9.61. The van der Waals surface area contributed by atoms with Crippen molar-refractivity contribution in [3.05, 3.63) is 58.3 Å². The van der Waals surface area contributed by atoms with Crippen molar-refractivity contribution >= 4 is 38.9 Å². The minimum atomic E-state index is -0.502. The third-order valence-corrected chi connectivity index (χ3v) is 3.08. The molecule has 0 amide bonds. The Bertz CT molecular complexity index is 644. The SMILES string of the molecule is O=C(CBr)c1ccc(Nc2ncccc2[N+](=O)[O-])cc1. The average molecular weight is 336 g/mol. The van der Waals surface area contributed by atoms with Crippen LogP contribution in [0.5, 0.6) is 0 Å². The standard InChI is InChI=1S/C13H10BrN3O3/c14-8-12(18)9-3-5-10(6-4-9)16-13-11(17(19)20)2-1-7-15-13/h1-7H,8H2,(H,15,16). The van der Waals surface area contributed by atoms with Crippen molar-refractivity contribution in [3.8, 4) is 0 Å². The zero-order valence-corrected chi connectivity index (χ0v) is 11.8. The number of carbonyl (C=O) groups is 1. The maximum Gasteiger partial charge on any atom is 0.311 e. The van der Waals surface area contributed by atoms with Crippen LogP contribution in [0.1, 0.15) is 10.4 Å². The fraction of sp³-hybridized carbons (Fsp3) is 0.0769. The third kappa shape index (κ3) is 3.18. The maximum absolute atomic E-state index is 11.5. The van der Waals surface area contributed by atoms with Crippen LogP contribution < -0.4 is 5.32 Å². The van der Waals surface area contributed by atoms with E-state index in [1.807, 2.05) is 0 Å². The van der Waals surface area contributed by atoms with Gasteiger partial charge in [0.05, 0.1) is 10.3 Å². The van der Waals surface area contributed by atoms with E-state index in [0.29, 0.717) is 11.3 Å². The number of halogens is 1. The van der Waals surface area contributed by atoms with E-state index in [9.17, 15) is 14.9 Å². The highest BCUT2D eigenvalue weighted by Gasteiger charge is 2.14. The molecule has 2 rings (SSSR count). The Morgan fingerprint density at radius 1 is 1.30 bits per heavy atom. The molecule has 0 saturated heterocycles. The van der Waals surface area contributed by atoms with Gasteiger partial charge in [0.15, 0.2) is 5.78 Å². The molecule has 0 aliphatic carbocycles. The van der Waals surface area contributed by atoms with Crippen molar-refractivity contribution in [1.29, 1.82) is 0 Å². The lowest BCUT2D eigenvalue weighted by molar-refractivity contribution is -0.384. The van der Waals surface area contributed by atoms with E-state index < -0.39 is 4.92 Å². The molecule has 2 aromatic rings. The lowest BCUT2D eigenvalue weighted by Gasteiger charge is -2.06. The van der Waals surface area contributed by atoms with Gasteiger partial charge in [-0.2, -0.15) is 0 Å². The van der Waals surface area contributed by atoms with Gasteiger partial charge in [-0.1, -0.05) is 15.9 Å². The van der Waals surface area contributed by atoms with Gasteiger partial charge in [0.2, 0.25) is 5.82 Å². The van der Waals surface area contributed by atoms with Gasteiger partial charge in [0.1, 0.15) is 0 Å². The highest BCUT2D eigenvalue weighted by molar-refractivity contribution is 9.09. The van der Waals surface area contributed by atoms with Crippen molar-refractivity contribution in [2.24, 2.45) is 0 Å². The maximum atomic E-state index is 11.5. The predicted octanol–water partition coefficient (Wildman–Crippen LogP) is 3.31. The monoisotopic (exact) mass is 335 g/mol. The number of hydrogen-bond acceptors (Lipinski definition) is 5. The fourth-order valence-electron chi connectivity index (χ4n) is 1.59. The Hall–Kier alpha value is -2.28. The molecule has 1 aromatic heterocycles. The van der Waals surface area contributed by atoms with Gasteiger partial charge in [0, 0.05) is 23.5 Å². The molecule has 102 valence electrons. The van der Waals surface area contributed by atoms with Crippen molar-refractivity contribution in [2.75, 3.05) is 10.6 Å². The van der Waals surface area contributed by atoms with Crippen LogP contribution in [0.2, 0.25) is 0 Å². The summed E-state index contributed by atoms with van der Waals surface area (Å²) >= 11 is 3.10. The molecule has 1 N–H and O–H groups in total. The minimum Gasteiger partial charge on any atom is -0.334 e. The van der Waals surface area contributed by atoms with Gasteiger partial charge in [-0.25, -0.2) is 4.98 Å². The largest absolute Gasteiger partial charge is 0.334 e. The van der Waals surface area contributed by atoms with Crippen LogP contribution in [0.4, 0.5) is 17.2 Å². The van der Waals surface area contributed by atoms with Crippen molar-refractivity contribution < 1.29 is 9.72 Å². The summed E-state index contributed by atoms with van der Waals surface area (Å²) in [6, 6.07) is 9.53. The number of carbonyl (C=O) groups excluding carboxylic acids is 1. The Balaban J connectivity index is 2.23. The average Bonchev–Trinajstić information content (AvgIpc) is 2.47. The quantitative estimate of drug-likeness (QED) is 0.392. The number of benzene rings is 1. The lowest BCUT2D eigenvalue weighted by Crippen LogP contribution is -2.01. The van der Waals surface area contributed by atoms with Crippen molar-refractivity contribution in [2.45, 2.75) is 0 Å². The Kier molecular flexibility index (Phi) is 4.41. The molecule has 0 spiro atoms. The van der Waals surface area contributed by atoms with Gasteiger partial charge in [-0.3, -0.25) is 14.9 Å². The number of aromatic nitrogens is 1. The molecule has 1 aromatic carbocycles. The summed E-state index contributed by atoms with van der Waals surface area (Å²) in [4.78, 5) is 25.8. The van der Waals surface area contributed by atoms with Gasteiger partial charge >= 0.3 is 5.69 Å². The summed E-state index contributed by atoms with van der Waals surface area (Å²) in [5, 5.41) is 14.0. The van der Waals surface area contributed by atoms with Crippen LogP contribution in [0, 0.1) is 10.1 Å². The van der Waals surface area contributed by atoms with Crippen LogP contribution in [0.15, 0.2) is 42.6 Å². The molecule has 7 heteroatoms. The number of nitrogens with zero attached hydrogens (tertiary/aromatic N) is 2. The molecule has 0 aliphatic rings. The van der Waals surface area contributed by atoms with Gasteiger partial charge in [-0.15, -0.1) is 0 Å². The predicted molar refractivity (Wildman–Crippen MR) is 78.7 cm³/mol. The number of ketones is 1. The molecule has 0 aliphatic heterocycles. The molecule has 6 nitrogen and oxygen atoms in total. The number of nitro groups is 1. The van der Waals surface area contributed by atoms with E-state index in [-0.39, 0.29) is 22.6 Å². The van der Waals surface area contributed by atoms with Crippen LogP contribution in [0.25, 0.3) is 0 Å². The zero-order chi connectivity index (χ0) is 14.5. The first kappa shape index (κ1) is 14.1. The van der Waals surface area contributed by atoms with E-state index in [0.717, 1.165) is 0 Å². The smallest absolute Gasteiger partial charge is 0.311 e. The van der Waals surface area contributed by atoms with Crippen LogP contribution in [0.3, 0.4) is 0 Å². The zero-order valence-electron chi connectivity index (χ0n) is 10.2. The molecular weight excluding hydrogens is 326 g/mol. The second kappa shape index (κ2) is 6.25. The topological polar surface area (TPSA) is 85.1 Å². The van der Waals surface area contributed by atoms with Crippen molar-refractivity contribution in [1.82, 2.24) is 4.98 Å². The number of anilines is 2. The Morgan fingerprint density at radius 2 is 2.00 bits per heavy atom. The molecular formula is C13H10BrN3O3. The summed E-state index contributed by atoms with van der Waals surface area (Å²) in [5.41, 5.74) is 1.09. The summed E-state index contributed by atoms with van der Waals surface area (Å²) in [6.45, 7) is 0. The molecule has 0 radical (unpaired) electrons. The second-order valence-electron chi connectivity index (χ2n) is 3.89. The molecule has 1 heterocycles. The molecule has 0 bridgehead atoms. The van der Waals surface area contributed by atoms with E-state index in [1.165, 1.54) is 18.3 Å². The molecule has 0 saturated carbocycles. The molecule has 0 atom stereocenters. The van der Waals surface area contributed by atoms with Crippen LogP contribution >= 0.6 is 15.9 Å². The first-order valence-corrected chi connectivity index (χ1v) is 6.79. The normalized spacial score (nSPS) is 10.1. The fourth-order valence-corrected chi connectivity index (χ4v) is 1.92. The Labute approximate surface area is 123 Å². The highest BCUT2D eigenvalue weighted by atomic mass is 79.9. The Morgan fingerprint density at radius 3 is 2.60 bits per heavy atom. The second-order valence-corrected chi connectivity index (χ2v) is 4.45. The van der Waals surface area contributed by atoms with Gasteiger partial charge < -0.3 is 5.32 Å². The van der Waals surface area contributed by atoms with E-state index in [1.54, 1.807) is 24.3 Å². The number of pyridine rings is 1. The van der Waals surface area contributed by atoms with Crippen LogP contribution in [-0.4, -0.2) is 21.0 Å². The van der Waals surface area contributed by atoms with Crippen LogP contribution in [-0.2, 0) is 0 Å². The summed E-state index contributed by atoms with van der Waals surface area (Å²) < 4.78 is 0. The first-order valence-electron chi connectivity index (χ1n) is 5.67. The van der Waals surface area contributed by atoms with Crippen molar-refractivity contribution in [3.63, 3.8) is 0 Å². The van der Waals surface area contributed by atoms with E-state index in [4.69, 9.17) is 0 Å². The lowest BCUT2D eigenvalue weighted by atomic mass is 10.1. The minimum absolute atomic E-state index is 0.0274. The van der Waals surface area contributed by atoms with E-state index >= 15 is 0 Å². The molecule has 0 unspecified atom stereocenters. The summed E-state index contributed by atoms with van der Waals surface area (Å²) in [7, 11) is 0. The van der Waals surface area contributed by atoms with Gasteiger partial charge in [0.25, 0.3) is 0 Å². The number of hydrogen-bond donors (Lipinski definition) is 1.